The second-order valence-electron chi connectivity index (χ2n) is 10.9. The van der Waals surface area contributed by atoms with Crippen molar-refractivity contribution in [2.75, 3.05) is 5.75 Å². The maximum Gasteiger partial charge on any atom is 0.340 e. The Bertz CT molecular complexity index is 1640. The van der Waals surface area contributed by atoms with Gasteiger partial charge in [-0.2, -0.15) is 11.8 Å². The van der Waals surface area contributed by atoms with Crippen LogP contribution in [0.25, 0.3) is 0 Å². The first-order valence-electron chi connectivity index (χ1n) is 13.9. The van der Waals surface area contributed by atoms with E-state index in [0.29, 0.717) is 21.9 Å². The van der Waals surface area contributed by atoms with Crippen LogP contribution in [-0.2, 0) is 15.1 Å². The first kappa shape index (κ1) is 29.2. The third-order valence-electron chi connectivity index (χ3n) is 8.09. The molecular formula is C31H28N2O10S. The summed E-state index contributed by atoms with van der Waals surface area (Å²) < 4.78 is 11.7. The van der Waals surface area contributed by atoms with E-state index >= 15 is 0 Å². The van der Waals surface area contributed by atoms with Crippen molar-refractivity contribution in [1.82, 2.24) is 10.6 Å². The predicted octanol–water partition coefficient (Wildman–Crippen LogP) is 4.16. The van der Waals surface area contributed by atoms with Crippen LogP contribution in [0, 0.1) is 0 Å². The van der Waals surface area contributed by atoms with Crippen LogP contribution < -0.4 is 15.4 Å². The Balaban J connectivity index is 0.000000182. The molecule has 0 saturated carbocycles. The first-order chi connectivity index (χ1) is 21.1. The number of carboxylic acid groups (broad SMARTS) is 2. The standard InChI is InChI=1S/C21H12O7.C10H16N2O3S/c22-11-2-5-15-17(8-11)27-18-9-12(23)3-6-16(18)21(15)14-4-1-10(19(24)25)7-13(14)20(26)28-21;13-8(14)4-2-1-3-7-9-6(5-16-7)11-10(15)12-9/h1-9,22-23H,(H,24,25);6-7,9H,1-5H2,(H,13,14)(H2,11,12,15)/t;6-,7-,9-/m.0/s1. The van der Waals surface area contributed by atoms with Gasteiger partial charge in [0.15, 0.2) is 5.60 Å². The number of hydrogen-bond acceptors (Lipinski definition) is 9. The number of aliphatic carboxylic acids is 1. The van der Waals surface area contributed by atoms with Gasteiger partial charge < -0.3 is 40.5 Å². The van der Waals surface area contributed by atoms with Crippen LogP contribution in [0.5, 0.6) is 23.0 Å². The number of carbonyl (C=O) groups excluding carboxylic acids is 2. The van der Waals surface area contributed by atoms with Crippen molar-refractivity contribution >= 4 is 35.7 Å². The van der Waals surface area contributed by atoms with Crippen LogP contribution in [0.2, 0.25) is 0 Å². The van der Waals surface area contributed by atoms with Gasteiger partial charge in [0.05, 0.1) is 23.2 Å². The summed E-state index contributed by atoms with van der Waals surface area (Å²) >= 11 is 1.87. The average molecular weight is 621 g/mol. The third-order valence-corrected chi connectivity index (χ3v) is 9.60. The van der Waals surface area contributed by atoms with Crippen LogP contribution in [0.15, 0.2) is 54.6 Å². The van der Waals surface area contributed by atoms with Gasteiger partial charge in [-0.05, 0) is 49.2 Å². The Morgan fingerprint density at radius 3 is 2.18 bits per heavy atom. The molecule has 13 heteroatoms. The number of phenols is 2. The number of benzene rings is 3. The summed E-state index contributed by atoms with van der Waals surface area (Å²) in [5, 5.41) is 43.8. The highest BCUT2D eigenvalue weighted by atomic mass is 32.2. The lowest BCUT2D eigenvalue weighted by molar-refractivity contribution is -0.137. The summed E-state index contributed by atoms with van der Waals surface area (Å²) in [7, 11) is 0. The van der Waals surface area contributed by atoms with E-state index < -0.39 is 23.5 Å². The zero-order valence-corrected chi connectivity index (χ0v) is 23.9. The van der Waals surface area contributed by atoms with Crippen LogP contribution >= 0.6 is 11.8 Å². The quantitative estimate of drug-likeness (QED) is 0.132. The average Bonchev–Trinajstić information content (AvgIpc) is 3.62. The van der Waals surface area contributed by atoms with Gasteiger partial charge in [0.1, 0.15) is 23.0 Å². The normalized spacial score (nSPS) is 21.3. The number of carboxylic acids is 2. The highest BCUT2D eigenvalue weighted by molar-refractivity contribution is 8.00. The molecule has 4 aliphatic heterocycles. The molecule has 0 bridgehead atoms. The molecule has 0 aliphatic carbocycles. The molecule has 6 N–H and O–H groups in total. The number of aromatic hydroxyl groups is 2. The van der Waals surface area contributed by atoms with Gasteiger partial charge in [-0.15, -0.1) is 0 Å². The van der Waals surface area contributed by atoms with Gasteiger partial charge >= 0.3 is 23.9 Å². The molecule has 44 heavy (non-hydrogen) atoms. The lowest BCUT2D eigenvalue weighted by Crippen LogP contribution is -2.36. The largest absolute Gasteiger partial charge is 0.508 e. The van der Waals surface area contributed by atoms with E-state index in [1.54, 1.807) is 18.2 Å². The van der Waals surface area contributed by atoms with Crippen LogP contribution in [-0.4, -0.2) is 67.5 Å². The van der Waals surface area contributed by atoms with Crippen LogP contribution in [0.3, 0.4) is 0 Å². The molecule has 2 fully saturated rings. The fraction of sp³-hybridized carbons (Fsp3) is 0.290. The monoisotopic (exact) mass is 620 g/mol. The van der Waals surface area contributed by atoms with Gasteiger partial charge in [-0.25, -0.2) is 14.4 Å². The Labute approximate surface area is 255 Å². The molecule has 2 saturated heterocycles. The minimum absolute atomic E-state index is 0.0309. The van der Waals surface area contributed by atoms with Crippen molar-refractivity contribution in [2.24, 2.45) is 0 Å². The van der Waals surface area contributed by atoms with Crippen molar-refractivity contribution in [1.29, 1.82) is 0 Å². The summed E-state index contributed by atoms with van der Waals surface area (Å²) in [6.07, 6.45) is 2.88. The summed E-state index contributed by atoms with van der Waals surface area (Å²) in [4.78, 5) is 45.5. The summed E-state index contributed by atoms with van der Waals surface area (Å²) in [5.41, 5.74) is 0.159. The summed E-state index contributed by atoms with van der Waals surface area (Å²) in [6, 6.07) is 13.5. The van der Waals surface area contributed by atoms with Gasteiger partial charge in [0, 0.05) is 46.2 Å². The number of aromatic carboxylic acids is 1. The van der Waals surface area contributed by atoms with E-state index in [1.165, 1.54) is 36.4 Å². The number of urea groups is 1. The van der Waals surface area contributed by atoms with E-state index in [9.17, 15) is 34.5 Å². The second kappa shape index (κ2) is 11.3. The van der Waals surface area contributed by atoms with Gasteiger partial charge in [-0.3, -0.25) is 4.79 Å². The molecule has 7 rings (SSSR count). The summed E-state index contributed by atoms with van der Waals surface area (Å²) in [5.74, 6) is -1.13. The Kier molecular flexibility index (Phi) is 7.49. The molecule has 3 atom stereocenters. The van der Waals surface area contributed by atoms with E-state index in [2.05, 4.69) is 10.6 Å². The number of unbranched alkanes of at least 4 members (excludes halogenated alkanes) is 1. The highest BCUT2D eigenvalue weighted by Gasteiger charge is 2.53. The summed E-state index contributed by atoms with van der Waals surface area (Å²) in [6.45, 7) is 0. The smallest absolute Gasteiger partial charge is 0.340 e. The molecular weight excluding hydrogens is 592 g/mol. The topological polar surface area (TPSA) is 192 Å². The maximum absolute atomic E-state index is 12.7. The molecule has 12 nitrogen and oxygen atoms in total. The molecule has 228 valence electrons. The Hall–Kier alpha value is -4.91. The van der Waals surface area contributed by atoms with Gasteiger partial charge in [-0.1, -0.05) is 12.5 Å². The van der Waals surface area contributed by atoms with E-state index in [1.807, 2.05) is 11.8 Å². The lowest BCUT2D eigenvalue weighted by atomic mass is 9.77. The highest BCUT2D eigenvalue weighted by Crippen LogP contribution is 2.57. The number of nitrogens with one attached hydrogen (secondary N) is 2. The number of phenolic OH excluding ortho intramolecular Hbond substituents is 2. The maximum atomic E-state index is 12.7. The SMILES string of the molecule is O=C(O)CCCC[C@@H]1SC[C@@H]2NC(=O)N[C@@H]21.O=C(O)c1ccc2c(c1)C(=O)OC21c2ccc(O)cc2Oc2cc(O)ccc21. The van der Waals surface area contributed by atoms with Crippen molar-refractivity contribution in [3.8, 4) is 23.0 Å². The Morgan fingerprint density at radius 2 is 1.55 bits per heavy atom. The zero-order chi connectivity index (χ0) is 31.2. The van der Waals surface area contributed by atoms with Gasteiger partial charge in [0.25, 0.3) is 0 Å². The number of hydrogen-bond donors (Lipinski definition) is 6. The van der Waals surface area contributed by atoms with E-state index in [4.69, 9.17) is 14.6 Å². The molecule has 2 amide bonds. The van der Waals surface area contributed by atoms with Crippen LogP contribution in [0.1, 0.15) is 63.1 Å². The number of carbonyl (C=O) groups is 4. The van der Waals surface area contributed by atoms with E-state index in [0.717, 1.165) is 25.0 Å². The van der Waals surface area contributed by atoms with Crippen molar-refractivity contribution in [2.45, 2.75) is 48.6 Å². The minimum Gasteiger partial charge on any atom is -0.508 e. The van der Waals surface area contributed by atoms with E-state index in [-0.39, 0.29) is 58.7 Å². The van der Waals surface area contributed by atoms with Crippen molar-refractivity contribution < 1.29 is 49.1 Å². The van der Waals surface area contributed by atoms with Crippen molar-refractivity contribution in [3.63, 3.8) is 0 Å². The fourth-order valence-electron chi connectivity index (χ4n) is 6.10. The number of thioether (sulfide) groups is 1. The van der Waals surface area contributed by atoms with Crippen molar-refractivity contribution in [3.05, 3.63) is 82.4 Å². The molecule has 4 heterocycles. The number of fused-ring (bicyclic) bond motifs is 7. The molecule has 3 aromatic carbocycles. The molecule has 3 aromatic rings. The number of rotatable bonds is 6. The minimum atomic E-state index is -1.38. The lowest BCUT2D eigenvalue weighted by Gasteiger charge is -2.36. The molecule has 0 unspecified atom stereocenters. The molecule has 0 radical (unpaired) electrons. The fourth-order valence-corrected chi connectivity index (χ4v) is 7.65. The second-order valence-corrected chi connectivity index (χ2v) is 12.1. The molecule has 1 spiro atoms. The number of ether oxygens (including phenoxy) is 2. The predicted molar refractivity (Wildman–Crippen MR) is 157 cm³/mol. The van der Waals surface area contributed by atoms with Gasteiger partial charge in [0.2, 0.25) is 0 Å². The third kappa shape index (κ3) is 5.12. The molecule has 0 aromatic heterocycles. The molecule has 4 aliphatic rings. The number of amides is 2. The van der Waals surface area contributed by atoms with Crippen LogP contribution in [0.4, 0.5) is 4.79 Å². The zero-order valence-electron chi connectivity index (χ0n) is 23.1. The Morgan fingerprint density at radius 1 is 0.886 bits per heavy atom. The number of esters is 1. The first-order valence-corrected chi connectivity index (χ1v) is 15.0.